The van der Waals surface area contributed by atoms with Crippen LogP contribution in [0.5, 0.6) is 0 Å². The molecule has 214 valence electrons. The summed E-state index contributed by atoms with van der Waals surface area (Å²) in [6.45, 7) is 18.8. The van der Waals surface area contributed by atoms with Gasteiger partial charge in [0.05, 0.1) is 6.54 Å². The zero-order valence-electron chi connectivity index (χ0n) is 25.8. The van der Waals surface area contributed by atoms with E-state index >= 15 is 0 Å². The number of nitrogens with one attached hydrogen (secondary N) is 2. The molecule has 0 saturated carbocycles. The van der Waals surface area contributed by atoms with Crippen molar-refractivity contribution in [2.45, 2.75) is 126 Å². The Balaban J connectivity index is 0.00000631. The van der Waals surface area contributed by atoms with Crippen molar-refractivity contribution in [2.24, 2.45) is 17.3 Å². The van der Waals surface area contributed by atoms with E-state index < -0.39 is 0 Å². The van der Waals surface area contributed by atoms with Gasteiger partial charge in [-0.3, -0.25) is 4.79 Å². The van der Waals surface area contributed by atoms with Gasteiger partial charge in [-0.05, 0) is 73.5 Å². The van der Waals surface area contributed by atoms with Crippen LogP contribution in [0, 0.1) is 17.3 Å². The van der Waals surface area contributed by atoms with Gasteiger partial charge in [0.25, 0.3) is 5.91 Å². The molecule has 0 saturated heterocycles. The highest BCUT2D eigenvalue weighted by Crippen LogP contribution is 2.40. The predicted molar refractivity (Wildman–Crippen MR) is 162 cm³/mol. The molecule has 4 nitrogen and oxygen atoms in total. The van der Waals surface area contributed by atoms with Crippen molar-refractivity contribution in [3.05, 3.63) is 47.2 Å². The van der Waals surface area contributed by atoms with Crippen molar-refractivity contribution in [1.29, 1.82) is 0 Å². The van der Waals surface area contributed by atoms with Crippen molar-refractivity contribution < 1.29 is 9.90 Å². The van der Waals surface area contributed by atoms with E-state index in [2.05, 4.69) is 78.2 Å². The summed E-state index contributed by atoms with van der Waals surface area (Å²) >= 11 is 0. The van der Waals surface area contributed by atoms with E-state index in [-0.39, 0.29) is 5.91 Å². The number of carbonyl (C=O) groups excluding carboxylic acids is 1. The topological polar surface area (TPSA) is 61.4 Å². The number of amides is 1. The molecule has 37 heavy (non-hydrogen) atoms. The van der Waals surface area contributed by atoms with Gasteiger partial charge in [0.1, 0.15) is 0 Å². The minimum absolute atomic E-state index is 0.0108. The van der Waals surface area contributed by atoms with E-state index in [4.69, 9.17) is 5.11 Å². The van der Waals surface area contributed by atoms with Crippen LogP contribution in [-0.4, -0.2) is 30.7 Å². The fourth-order valence-electron chi connectivity index (χ4n) is 5.47. The van der Waals surface area contributed by atoms with Crippen LogP contribution in [0.3, 0.4) is 0 Å². The van der Waals surface area contributed by atoms with E-state index in [1.807, 2.05) is 18.2 Å². The third-order valence-electron chi connectivity index (χ3n) is 7.14. The average molecular weight is 517 g/mol. The molecule has 1 aromatic rings. The summed E-state index contributed by atoms with van der Waals surface area (Å²) in [4.78, 5) is 13.0. The number of benzene rings is 1. The second-order valence-corrected chi connectivity index (χ2v) is 11.5. The van der Waals surface area contributed by atoms with E-state index in [1.165, 1.54) is 50.5 Å². The van der Waals surface area contributed by atoms with Gasteiger partial charge in [0.2, 0.25) is 0 Å². The third-order valence-corrected chi connectivity index (χ3v) is 7.14. The van der Waals surface area contributed by atoms with Gasteiger partial charge in [-0.1, -0.05) is 99.3 Å². The summed E-state index contributed by atoms with van der Waals surface area (Å²) in [6.07, 6.45) is 14.3. The second kappa shape index (κ2) is 20.2. The first-order valence-electron chi connectivity index (χ1n) is 15.0. The quantitative estimate of drug-likeness (QED) is 0.184. The number of hydrogen-bond donors (Lipinski definition) is 3. The molecule has 3 N–H and O–H groups in total. The highest BCUT2D eigenvalue weighted by atomic mass is 16.2. The van der Waals surface area contributed by atoms with Crippen LogP contribution < -0.4 is 10.6 Å². The SMILES string of the molecule is CC/C=C(\CNC(=O)c1cccc(CC(C)C)c1)NC(CC(C)C)CC(CC)(CCC)CCCC.CO. The molecule has 0 radical (unpaired) electrons. The summed E-state index contributed by atoms with van der Waals surface area (Å²) in [5.41, 5.74) is 3.55. The molecule has 0 spiro atoms. The molecule has 0 aliphatic carbocycles. The summed E-state index contributed by atoms with van der Waals surface area (Å²) < 4.78 is 0. The largest absolute Gasteiger partial charge is 0.400 e. The summed E-state index contributed by atoms with van der Waals surface area (Å²) in [5.74, 6) is 1.22. The minimum Gasteiger partial charge on any atom is -0.400 e. The maximum atomic E-state index is 13.0. The summed E-state index contributed by atoms with van der Waals surface area (Å²) in [5, 5.41) is 14.1. The van der Waals surface area contributed by atoms with Crippen molar-refractivity contribution in [1.82, 2.24) is 10.6 Å². The smallest absolute Gasteiger partial charge is 0.251 e. The predicted octanol–water partition coefficient (Wildman–Crippen LogP) is 8.30. The van der Waals surface area contributed by atoms with Crippen LogP contribution in [-0.2, 0) is 6.42 Å². The van der Waals surface area contributed by atoms with Gasteiger partial charge in [0, 0.05) is 24.4 Å². The molecule has 4 heteroatoms. The standard InChI is InChI=1S/C32H56N2O.CH4O/c1-9-13-19-32(12-4,18-11-3)23-30(21-26(7)8)34-29(15-10-2)24-33-31(35)28-17-14-16-27(22-28)20-25(5)6;1-2/h14-17,22,25-26,30,34H,9-13,18-21,23-24H2,1-8H3,(H,33,35);2H,1H3/b29-15+;. The Morgan fingerprint density at radius 2 is 1.70 bits per heavy atom. The van der Waals surface area contributed by atoms with E-state index in [9.17, 15) is 4.79 Å². The van der Waals surface area contributed by atoms with Gasteiger partial charge >= 0.3 is 0 Å². The lowest BCUT2D eigenvalue weighted by Gasteiger charge is -2.38. The van der Waals surface area contributed by atoms with Crippen molar-refractivity contribution >= 4 is 5.91 Å². The zero-order valence-corrected chi connectivity index (χ0v) is 25.8. The van der Waals surface area contributed by atoms with Crippen LogP contribution in [0.2, 0.25) is 0 Å². The molecule has 0 heterocycles. The number of hydrogen-bond acceptors (Lipinski definition) is 3. The third kappa shape index (κ3) is 14.6. The van der Waals surface area contributed by atoms with Crippen LogP contribution >= 0.6 is 0 Å². The molecule has 1 amide bonds. The Morgan fingerprint density at radius 3 is 2.24 bits per heavy atom. The summed E-state index contributed by atoms with van der Waals surface area (Å²) in [7, 11) is 1.00. The highest BCUT2D eigenvalue weighted by Gasteiger charge is 2.30. The average Bonchev–Trinajstić information content (AvgIpc) is 2.86. The highest BCUT2D eigenvalue weighted by molar-refractivity contribution is 5.94. The Hall–Kier alpha value is -1.81. The first kappa shape index (κ1) is 35.2. The molecule has 0 aliphatic rings. The van der Waals surface area contributed by atoms with Crippen LogP contribution in [0.1, 0.15) is 129 Å². The first-order chi connectivity index (χ1) is 17.7. The van der Waals surface area contributed by atoms with Crippen LogP contribution in [0.25, 0.3) is 0 Å². The fraction of sp³-hybridized carbons (Fsp3) is 0.727. The van der Waals surface area contributed by atoms with Gasteiger partial charge in [-0.2, -0.15) is 0 Å². The van der Waals surface area contributed by atoms with E-state index in [0.717, 1.165) is 37.6 Å². The Morgan fingerprint density at radius 1 is 1.00 bits per heavy atom. The minimum atomic E-state index is 0.0108. The lowest BCUT2D eigenvalue weighted by molar-refractivity contribution is 0.0955. The number of unbranched alkanes of at least 4 members (excludes halogenated alkanes) is 1. The second-order valence-electron chi connectivity index (χ2n) is 11.5. The normalized spacial score (nSPS) is 14.1. The van der Waals surface area contributed by atoms with Gasteiger partial charge in [0.15, 0.2) is 0 Å². The van der Waals surface area contributed by atoms with E-state index in [1.54, 1.807) is 0 Å². The van der Waals surface area contributed by atoms with Gasteiger partial charge in [-0.15, -0.1) is 0 Å². The fourth-order valence-corrected chi connectivity index (χ4v) is 5.47. The maximum Gasteiger partial charge on any atom is 0.251 e. The monoisotopic (exact) mass is 516 g/mol. The molecular weight excluding hydrogens is 456 g/mol. The summed E-state index contributed by atoms with van der Waals surface area (Å²) in [6, 6.07) is 8.52. The van der Waals surface area contributed by atoms with E-state index in [0.29, 0.717) is 29.8 Å². The molecule has 1 aromatic carbocycles. The lowest BCUT2D eigenvalue weighted by atomic mass is 9.71. The first-order valence-corrected chi connectivity index (χ1v) is 15.0. The van der Waals surface area contributed by atoms with Gasteiger partial charge in [-0.25, -0.2) is 0 Å². The number of carbonyl (C=O) groups is 1. The molecule has 0 fully saturated rings. The van der Waals surface area contributed by atoms with Crippen LogP contribution in [0.15, 0.2) is 36.0 Å². The van der Waals surface area contributed by atoms with Crippen LogP contribution in [0.4, 0.5) is 0 Å². The van der Waals surface area contributed by atoms with Crippen molar-refractivity contribution in [3.8, 4) is 0 Å². The maximum absolute atomic E-state index is 13.0. The number of allylic oxidation sites excluding steroid dienone is 1. The Bertz CT molecular complexity index is 756. The molecule has 2 unspecified atom stereocenters. The molecule has 1 rings (SSSR count). The Kier molecular flexibility index (Phi) is 19.2. The number of aliphatic hydroxyl groups is 1. The zero-order chi connectivity index (χ0) is 28.3. The molecule has 0 aromatic heterocycles. The van der Waals surface area contributed by atoms with Gasteiger partial charge < -0.3 is 15.7 Å². The molecule has 2 atom stereocenters. The number of rotatable bonds is 18. The molecule has 0 aliphatic heterocycles. The number of aliphatic hydroxyl groups excluding tert-OH is 1. The lowest BCUT2D eigenvalue weighted by Crippen LogP contribution is -2.39. The Labute approximate surface area is 230 Å². The molecule has 0 bridgehead atoms. The molecular formula is C33H60N2O2. The van der Waals surface area contributed by atoms with Crippen molar-refractivity contribution in [2.75, 3.05) is 13.7 Å². The van der Waals surface area contributed by atoms with Crippen molar-refractivity contribution in [3.63, 3.8) is 0 Å².